The van der Waals surface area contributed by atoms with Gasteiger partial charge in [-0.3, -0.25) is 0 Å². The Morgan fingerprint density at radius 1 is 1.14 bits per heavy atom. The van der Waals surface area contributed by atoms with Crippen molar-refractivity contribution in [2.45, 2.75) is 45.7 Å². The summed E-state index contributed by atoms with van der Waals surface area (Å²) in [5, 5.41) is 3.06. The lowest BCUT2D eigenvalue weighted by molar-refractivity contribution is -0.135. The van der Waals surface area contributed by atoms with Crippen LogP contribution in [0.5, 0.6) is 0 Å². The second-order valence-electron chi connectivity index (χ2n) is 3.61. The predicted octanol–water partition coefficient (Wildman–Crippen LogP) is 3.35. The van der Waals surface area contributed by atoms with Crippen LogP contribution in [0.2, 0.25) is 0 Å². The van der Waals surface area contributed by atoms with Gasteiger partial charge in [-0.25, -0.2) is 0 Å². The third kappa shape index (κ3) is 8.35. The van der Waals surface area contributed by atoms with Gasteiger partial charge in [-0.15, -0.1) is 0 Å². The lowest BCUT2D eigenvalue weighted by Crippen LogP contribution is -2.24. The van der Waals surface area contributed by atoms with E-state index in [4.69, 9.17) is 0 Å². The molecule has 0 saturated heterocycles. The van der Waals surface area contributed by atoms with E-state index in [-0.39, 0.29) is 6.42 Å². The van der Waals surface area contributed by atoms with Crippen molar-refractivity contribution in [2.24, 2.45) is 5.92 Å². The lowest BCUT2D eigenvalue weighted by atomic mass is 10.0. The molecule has 0 saturated carbocycles. The van der Waals surface area contributed by atoms with Gasteiger partial charge in [-0.1, -0.05) is 26.7 Å². The number of rotatable bonds is 7. The van der Waals surface area contributed by atoms with E-state index in [9.17, 15) is 13.2 Å². The molecule has 0 aliphatic rings. The second-order valence-corrected chi connectivity index (χ2v) is 3.61. The van der Waals surface area contributed by atoms with Crippen LogP contribution in [0, 0.1) is 5.92 Å². The molecule has 1 N–H and O–H groups in total. The first kappa shape index (κ1) is 13.8. The molecule has 1 nitrogen and oxygen atoms in total. The van der Waals surface area contributed by atoms with Crippen molar-refractivity contribution in [1.82, 2.24) is 5.32 Å². The maximum atomic E-state index is 11.7. The summed E-state index contributed by atoms with van der Waals surface area (Å²) in [6, 6.07) is 0. The predicted molar refractivity (Wildman–Crippen MR) is 52.2 cm³/mol. The number of nitrogens with one attached hydrogen (secondary N) is 1. The molecule has 0 heterocycles. The number of hydrogen-bond acceptors (Lipinski definition) is 1. The fourth-order valence-corrected chi connectivity index (χ4v) is 1.30. The first-order valence-electron chi connectivity index (χ1n) is 5.27. The minimum Gasteiger partial charge on any atom is -0.316 e. The van der Waals surface area contributed by atoms with Gasteiger partial charge in [0, 0.05) is 6.42 Å². The van der Waals surface area contributed by atoms with E-state index in [1.54, 1.807) is 0 Å². The third-order valence-corrected chi connectivity index (χ3v) is 2.40. The summed E-state index contributed by atoms with van der Waals surface area (Å²) in [6.07, 6.45) is -2.32. The number of alkyl halides is 3. The highest BCUT2D eigenvalue weighted by Crippen LogP contribution is 2.20. The smallest absolute Gasteiger partial charge is 0.316 e. The van der Waals surface area contributed by atoms with Gasteiger partial charge in [0.2, 0.25) is 0 Å². The van der Waals surface area contributed by atoms with Crippen LogP contribution in [0.1, 0.15) is 39.5 Å². The standard InChI is InChI=1S/C10H20F3N/c1-3-9(4-2)8-14-7-5-6-10(11,12)13/h9,14H,3-8H2,1-2H3. The zero-order chi connectivity index (χ0) is 11.0. The zero-order valence-electron chi connectivity index (χ0n) is 8.95. The molecule has 86 valence electrons. The van der Waals surface area contributed by atoms with E-state index in [0.717, 1.165) is 19.4 Å². The van der Waals surface area contributed by atoms with Crippen molar-refractivity contribution in [3.8, 4) is 0 Å². The molecule has 0 radical (unpaired) electrons. The van der Waals surface area contributed by atoms with Gasteiger partial charge in [0.25, 0.3) is 0 Å². The van der Waals surface area contributed by atoms with E-state index in [2.05, 4.69) is 19.2 Å². The molecule has 14 heavy (non-hydrogen) atoms. The summed E-state index contributed by atoms with van der Waals surface area (Å²) >= 11 is 0. The molecule has 0 unspecified atom stereocenters. The van der Waals surface area contributed by atoms with Crippen molar-refractivity contribution in [1.29, 1.82) is 0 Å². The van der Waals surface area contributed by atoms with Crippen LogP contribution in [0.15, 0.2) is 0 Å². The summed E-state index contributed by atoms with van der Waals surface area (Å²) in [4.78, 5) is 0. The summed E-state index contributed by atoms with van der Waals surface area (Å²) in [5.74, 6) is 0.598. The summed E-state index contributed by atoms with van der Waals surface area (Å²) < 4.78 is 35.2. The maximum Gasteiger partial charge on any atom is 0.389 e. The molecular weight excluding hydrogens is 191 g/mol. The highest BCUT2D eigenvalue weighted by Gasteiger charge is 2.25. The molecule has 0 spiro atoms. The second kappa shape index (κ2) is 7.10. The monoisotopic (exact) mass is 211 g/mol. The highest BCUT2D eigenvalue weighted by molar-refractivity contribution is 4.59. The maximum absolute atomic E-state index is 11.7. The van der Waals surface area contributed by atoms with Crippen LogP contribution < -0.4 is 5.32 Å². The van der Waals surface area contributed by atoms with Gasteiger partial charge in [0.15, 0.2) is 0 Å². The first-order valence-corrected chi connectivity index (χ1v) is 5.27. The Kier molecular flexibility index (Phi) is 6.97. The topological polar surface area (TPSA) is 12.0 Å². The van der Waals surface area contributed by atoms with Gasteiger partial charge >= 0.3 is 6.18 Å². The van der Waals surface area contributed by atoms with Crippen LogP contribution in [-0.2, 0) is 0 Å². The highest BCUT2D eigenvalue weighted by atomic mass is 19.4. The first-order chi connectivity index (χ1) is 6.49. The number of halogens is 3. The molecule has 0 aromatic heterocycles. The Bertz CT molecular complexity index is 130. The minimum atomic E-state index is -4.00. The average Bonchev–Trinajstić information content (AvgIpc) is 2.09. The van der Waals surface area contributed by atoms with Crippen molar-refractivity contribution < 1.29 is 13.2 Å². The molecule has 0 aromatic carbocycles. The molecule has 0 aromatic rings. The Morgan fingerprint density at radius 2 is 1.71 bits per heavy atom. The van der Waals surface area contributed by atoms with E-state index in [1.807, 2.05) is 0 Å². The Labute approximate surface area is 84.1 Å². The van der Waals surface area contributed by atoms with Crippen LogP contribution in [-0.4, -0.2) is 19.3 Å². The van der Waals surface area contributed by atoms with E-state index >= 15 is 0 Å². The minimum absolute atomic E-state index is 0.184. The van der Waals surface area contributed by atoms with Crippen molar-refractivity contribution in [2.75, 3.05) is 13.1 Å². The van der Waals surface area contributed by atoms with Crippen LogP contribution in [0.4, 0.5) is 13.2 Å². The third-order valence-electron chi connectivity index (χ3n) is 2.40. The van der Waals surface area contributed by atoms with E-state index < -0.39 is 12.6 Å². The van der Waals surface area contributed by atoms with Crippen molar-refractivity contribution >= 4 is 0 Å². The van der Waals surface area contributed by atoms with Crippen molar-refractivity contribution in [3.05, 3.63) is 0 Å². The molecule has 0 aliphatic heterocycles. The Morgan fingerprint density at radius 3 is 2.14 bits per heavy atom. The van der Waals surface area contributed by atoms with E-state index in [1.165, 1.54) is 0 Å². The molecule has 0 atom stereocenters. The van der Waals surface area contributed by atoms with Gasteiger partial charge in [0.05, 0.1) is 0 Å². The summed E-state index contributed by atoms with van der Waals surface area (Å²) in [5.41, 5.74) is 0. The molecule has 0 fully saturated rings. The molecular formula is C10H20F3N. The fraction of sp³-hybridized carbons (Fsp3) is 1.00. The van der Waals surface area contributed by atoms with Crippen LogP contribution in [0.3, 0.4) is 0 Å². The SMILES string of the molecule is CCC(CC)CNCCCC(F)(F)F. The molecule has 0 bridgehead atoms. The number of hydrogen-bond donors (Lipinski definition) is 1. The lowest BCUT2D eigenvalue weighted by Gasteiger charge is -2.13. The summed E-state index contributed by atoms with van der Waals surface area (Å²) in [7, 11) is 0. The molecule has 4 heteroatoms. The van der Waals surface area contributed by atoms with E-state index in [0.29, 0.717) is 12.5 Å². The van der Waals surface area contributed by atoms with Crippen LogP contribution in [0.25, 0.3) is 0 Å². The van der Waals surface area contributed by atoms with Crippen molar-refractivity contribution in [3.63, 3.8) is 0 Å². The molecule has 0 rings (SSSR count). The fourth-order valence-electron chi connectivity index (χ4n) is 1.30. The van der Waals surface area contributed by atoms with Crippen LogP contribution >= 0.6 is 0 Å². The quantitative estimate of drug-likeness (QED) is 0.637. The zero-order valence-corrected chi connectivity index (χ0v) is 8.95. The normalized spacial score (nSPS) is 12.4. The van der Waals surface area contributed by atoms with Gasteiger partial charge in [0.1, 0.15) is 0 Å². The van der Waals surface area contributed by atoms with Gasteiger partial charge < -0.3 is 5.32 Å². The molecule has 0 amide bonds. The Hall–Kier alpha value is -0.250. The Balaban J connectivity index is 3.29. The largest absolute Gasteiger partial charge is 0.389 e. The van der Waals surface area contributed by atoms with Gasteiger partial charge in [-0.05, 0) is 25.4 Å². The van der Waals surface area contributed by atoms with Gasteiger partial charge in [-0.2, -0.15) is 13.2 Å². The average molecular weight is 211 g/mol. The molecule has 0 aliphatic carbocycles. The summed E-state index contributed by atoms with van der Waals surface area (Å²) in [6.45, 7) is 5.51.